The summed E-state index contributed by atoms with van der Waals surface area (Å²) in [5, 5.41) is 9.03. The van der Waals surface area contributed by atoms with Crippen molar-refractivity contribution in [1.29, 1.82) is 5.26 Å². The van der Waals surface area contributed by atoms with E-state index in [1.165, 1.54) is 12.8 Å². The van der Waals surface area contributed by atoms with Crippen LogP contribution in [0.2, 0.25) is 0 Å². The van der Waals surface area contributed by atoms with Crippen molar-refractivity contribution in [3.8, 4) is 6.07 Å². The number of esters is 1. The van der Waals surface area contributed by atoms with E-state index >= 15 is 0 Å². The quantitative estimate of drug-likeness (QED) is 0.570. The maximum absolute atomic E-state index is 11.6. The summed E-state index contributed by atoms with van der Waals surface area (Å²) in [5.41, 5.74) is 0. The van der Waals surface area contributed by atoms with E-state index in [4.69, 9.17) is 10.00 Å². The van der Waals surface area contributed by atoms with Gasteiger partial charge >= 0.3 is 5.97 Å². The van der Waals surface area contributed by atoms with Crippen LogP contribution in [0, 0.1) is 35.0 Å². The highest BCUT2D eigenvalue weighted by Gasteiger charge is 2.45. The maximum Gasteiger partial charge on any atom is 0.323 e. The average Bonchev–Trinajstić information content (AvgIpc) is 2.71. The highest BCUT2D eigenvalue weighted by atomic mass is 16.5. The molecule has 0 aromatic heterocycles. The minimum absolute atomic E-state index is 0.256. The molecular weight excluding hydrogens is 250 g/mol. The van der Waals surface area contributed by atoms with E-state index in [-0.39, 0.29) is 11.9 Å². The minimum Gasteiger partial charge on any atom is -0.465 e. The fraction of sp³-hybridized carbons (Fsp3) is 0.765. The van der Waals surface area contributed by atoms with Crippen molar-refractivity contribution in [2.45, 2.75) is 53.4 Å². The SMILES string of the molecule is C=CC.CC.CCOC(=O)C(C#N)C1CC2CCC2C1. The molecule has 0 amide bonds. The summed E-state index contributed by atoms with van der Waals surface area (Å²) in [6.45, 7) is 11.4. The number of hydrogen-bond donors (Lipinski definition) is 0. The summed E-state index contributed by atoms with van der Waals surface area (Å²) >= 11 is 0. The van der Waals surface area contributed by atoms with Gasteiger partial charge in [-0.2, -0.15) is 5.26 Å². The van der Waals surface area contributed by atoms with E-state index in [1.807, 2.05) is 20.8 Å². The van der Waals surface area contributed by atoms with Crippen molar-refractivity contribution in [1.82, 2.24) is 0 Å². The Hall–Kier alpha value is -1.30. The second kappa shape index (κ2) is 10.5. The third kappa shape index (κ3) is 5.00. The summed E-state index contributed by atoms with van der Waals surface area (Å²) in [6.07, 6.45) is 6.45. The maximum atomic E-state index is 11.6. The molecule has 0 N–H and O–H groups in total. The summed E-state index contributed by atoms with van der Waals surface area (Å²) in [6, 6.07) is 2.12. The van der Waals surface area contributed by atoms with Gasteiger partial charge in [0.05, 0.1) is 12.7 Å². The Bertz CT molecular complexity index is 320. The number of hydrogen-bond acceptors (Lipinski definition) is 3. The molecule has 0 aromatic rings. The van der Waals surface area contributed by atoms with Crippen LogP contribution in [-0.2, 0) is 9.53 Å². The van der Waals surface area contributed by atoms with Crippen LogP contribution in [0.15, 0.2) is 12.7 Å². The van der Waals surface area contributed by atoms with Gasteiger partial charge in [-0.3, -0.25) is 4.79 Å². The number of fused-ring (bicyclic) bond motifs is 1. The monoisotopic (exact) mass is 279 g/mol. The first-order valence-corrected chi connectivity index (χ1v) is 7.81. The molecule has 2 saturated carbocycles. The molecule has 0 saturated heterocycles. The van der Waals surface area contributed by atoms with Gasteiger partial charge in [-0.1, -0.05) is 19.9 Å². The standard InChI is InChI=1S/C12H17NO2.C3H6.C2H6/c1-2-15-12(14)11(7-13)10-5-8-3-4-9(8)6-10;1-3-2;1-2/h8-11H,2-6H2,1H3;3H,1H2,2H3;1-2H3. The normalized spacial score (nSPS) is 27.1. The van der Waals surface area contributed by atoms with Crippen molar-refractivity contribution in [3.05, 3.63) is 12.7 Å². The molecule has 2 rings (SSSR count). The van der Waals surface area contributed by atoms with Gasteiger partial charge in [-0.15, -0.1) is 6.58 Å². The van der Waals surface area contributed by atoms with Crippen LogP contribution in [0.25, 0.3) is 0 Å². The zero-order valence-corrected chi connectivity index (χ0v) is 13.4. The smallest absolute Gasteiger partial charge is 0.323 e. The molecule has 0 radical (unpaired) electrons. The summed E-state index contributed by atoms with van der Waals surface area (Å²) in [4.78, 5) is 11.6. The molecule has 20 heavy (non-hydrogen) atoms. The fourth-order valence-electron chi connectivity index (χ4n) is 2.99. The van der Waals surface area contributed by atoms with Crippen molar-refractivity contribution >= 4 is 5.97 Å². The van der Waals surface area contributed by atoms with Crippen LogP contribution in [0.4, 0.5) is 0 Å². The van der Waals surface area contributed by atoms with E-state index in [2.05, 4.69) is 12.6 Å². The molecule has 0 bridgehead atoms. The van der Waals surface area contributed by atoms with Crippen LogP contribution >= 0.6 is 0 Å². The number of rotatable bonds is 3. The van der Waals surface area contributed by atoms with E-state index in [0.29, 0.717) is 6.61 Å². The molecule has 0 aliphatic heterocycles. The molecule has 3 unspecified atom stereocenters. The van der Waals surface area contributed by atoms with Crippen molar-refractivity contribution in [3.63, 3.8) is 0 Å². The van der Waals surface area contributed by atoms with Crippen LogP contribution < -0.4 is 0 Å². The van der Waals surface area contributed by atoms with Crippen molar-refractivity contribution in [2.24, 2.45) is 23.7 Å². The van der Waals surface area contributed by atoms with Crippen LogP contribution in [0.1, 0.15) is 53.4 Å². The van der Waals surface area contributed by atoms with Gasteiger partial charge < -0.3 is 4.74 Å². The van der Waals surface area contributed by atoms with Gasteiger partial charge in [0.15, 0.2) is 0 Å². The number of nitrogens with zero attached hydrogens (tertiary/aromatic N) is 1. The molecule has 0 aromatic carbocycles. The summed E-state index contributed by atoms with van der Waals surface area (Å²) in [7, 11) is 0. The lowest BCUT2D eigenvalue weighted by atomic mass is 9.77. The molecule has 0 spiro atoms. The average molecular weight is 279 g/mol. The lowest BCUT2D eigenvalue weighted by molar-refractivity contribution is -0.147. The minimum atomic E-state index is -0.518. The number of nitriles is 1. The largest absolute Gasteiger partial charge is 0.465 e. The molecule has 3 heteroatoms. The zero-order chi connectivity index (χ0) is 15.5. The second-order valence-electron chi connectivity index (χ2n) is 5.10. The molecule has 2 aliphatic carbocycles. The first-order chi connectivity index (χ1) is 9.67. The molecule has 0 heterocycles. The predicted molar refractivity (Wildman–Crippen MR) is 81.9 cm³/mol. The third-order valence-corrected chi connectivity index (χ3v) is 3.94. The van der Waals surface area contributed by atoms with Gasteiger partial charge in [0.2, 0.25) is 0 Å². The van der Waals surface area contributed by atoms with E-state index in [0.717, 1.165) is 24.7 Å². The molecule has 3 atom stereocenters. The highest BCUT2D eigenvalue weighted by molar-refractivity contribution is 5.75. The van der Waals surface area contributed by atoms with E-state index < -0.39 is 5.92 Å². The van der Waals surface area contributed by atoms with Crippen molar-refractivity contribution in [2.75, 3.05) is 6.61 Å². The van der Waals surface area contributed by atoms with Gasteiger partial charge in [0, 0.05) is 0 Å². The Morgan fingerprint density at radius 3 is 2.15 bits per heavy atom. The Balaban J connectivity index is 0.000000641. The van der Waals surface area contributed by atoms with Crippen molar-refractivity contribution < 1.29 is 9.53 Å². The highest BCUT2D eigenvalue weighted by Crippen LogP contribution is 2.51. The fourth-order valence-corrected chi connectivity index (χ4v) is 2.99. The Morgan fingerprint density at radius 2 is 1.85 bits per heavy atom. The van der Waals surface area contributed by atoms with Crippen LogP contribution in [0.3, 0.4) is 0 Å². The predicted octanol–water partition coefficient (Wildman–Crippen LogP) is 4.34. The van der Waals surface area contributed by atoms with E-state index in [9.17, 15) is 4.79 Å². The Kier molecular flexibility index (Phi) is 9.80. The second-order valence-corrected chi connectivity index (χ2v) is 5.10. The van der Waals surface area contributed by atoms with Gasteiger partial charge in [0.25, 0.3) is 0 Å². The number of ether oxygens (including phenoxy) is 1. The van der Waals surface area contributed by atoms with Gasteiger partial charge in [-0.25, -0.2) is 0 Å². The number of carbonyl (C=O) groups excluding carboxylic acids is 1. The van der Waals surface area contributed by atoms with Gasteiger partial charge in [-0.05, 0) is 57.3 Å². The lowest BCUT2D eigenvalue weighted by Crippen LogP contribution is -2.23. The first-order valence-electron chi connectivity index (χ1n) is 7.81. The topological polar surface area (TPSA) is 50.1 Å². The Morgan fingerprint density at radius 1 is 1.40 bits per heavy atom. The zero-order valence-electron chi connectivity index (χ0n) is 13.4. The first kappa shape index (κ1) is 18.7. The third-order valence-electron chi connectivity index (χ3n) is 3.94. The number of allylic oxidation sites excluding steroid dienone is 1. The molecular formula is C17H29NO2. The molecule has 3 nitrogen and oxygen atoms in total. The van der Waals surface area contributed by atoms with Crippen LogP contribution in [-0.4, -0.2) is 12.6 Å². The molecule has 114 valence electrons. The number of carbonyl (C=O) groups is 1. The van der Waals surface area contributed by atoms with E-state index in [1.54, 1.807) is 13.0 Å². The van der Waals surface area contributed by atoms with Crippen LogP contribution in [0.5, 0.6) is 0 Å². The summed E-state index contributed by atoms with van der Waals surface area (Å²) < 4.78 is 4.94. The summed E-state index contributed by atoms with van der Waals surface area (Å²) in [5.74, 6) is 1.01. The Labute approximate surface area is 124 Å². The molecule has 2 aliphatic rings. The van der Waals surface area contributed by atoms with Gasteiger partial charge in [0.1, 0.15) is 5.92 Å². The lowest BCUT2D eigenvalue weighted by Gasteiger charge is -2.29. The molecule has 2 fully saturated rings.